The third-order valence-electron chi connectivity index (χ3n) is 3.61. The summed E-state index contributed by atoms with van der Waals surface area (Å²) in [5.41, 5.74) is 1.23. The summed E-state index contributed by atoms with van der Waals surface area (Å²) in [6, 6.07) is 4.74. The Balaban J connectivity index is 2.20. The van der Waals surface area contributed by atoms with E-state index < -0.39 is 0 Å². The van der Waals surface area contributed by atoms with E-state index in [2.05, 4.69) is 11.5 Å². The van der Waals surface area contributed by atoms with Crippen molar-refractivity contribution in [2.24, 2.45) is 0 Å². The Hall–Kier alpha value is -1.68. The Morgan fingerprint density at radius 3 is 2.84 bits per heavy atom. The molecule has 3 nitrogen and oxygen atoms in total. The Bertz CT molecular complexity index is 501. The predicted octanol–water partition coefficient (Wildman–Crippen LogP) is 2.36. The molecular weight excluding hydrogens is 243 g/mol. The monoisotopic (exact) mass is 262 g/mol. The van der Waals surface area contributed by atoms with Gasteiger partial charge in [0.05, 0.1) is 6.04 Å². The van der Waals surface area contributed by atoms with Crippen LogP contribution in [-0.4, -0.2) is 36.5 Å². The molecule has 1 amide bonds. The second-order valence-corrected chi connectivity index (χ2v) is 4.88. The van der Waals surface area contributed by atoms with Gasteiger partial charge in [-0.15, -0.1) is 6.58 Å². The number of hydrogen-bond acceptors (Lipinski definition) is 2. The average molecular weight is 262 g/mol. The molecule has 1 heterocycles. The van der Waals surface area contributed by atoms with Crippen LogP contribution in [0.15, 0.2) is 30.9 Å². The molecule has 0 aromatic heterocycles. The lowest BCUT2D eigenvalue weighted by molar-refractivity contribution is -0.124. The summed E-state index contributed by atoms with van der Waals surface area (Å²) < 4.78 is 13.6. The van der Waals surface area contributed by atoms with E-state index >= 15 is 0 Å². The number of halogens is 1. The van der Waals surface area contributed by atoms with Crippen molar-refractivity contribution in [1.82, 2.24) is 4.90 Å². The Morgan fingerprint density at radius 1 is 1.47 bits per heavy atom. The van der Waals surface area contributed by atoms with Crippen molar-refractivity contribution in [1.29, 1.82) is 0 Å². The molecular formula is C15H19FN2O. The maximum Gasteiger partial charge on any atom is 0.244 e. The van der Waals surface area contributed by atoms with Crippen LogP contribution >= 0.6 is 0 Å². The van der Waals surface area contributed by atoms with Crippen LogP contribution in [0.1, 0.15) is 12.5 Å². The highest BCUT2D eigenvalue weighted by Gasteiger charge is 2.31. The second kappa shape index (κ2) is 5.53. The van der Waals surface area contributed by atoms with E-state index in [9.17, 15) is 9.18 Å². The number of carbonyl (C=O) groups excluding carboxylic acids is 1. The van der Waals surface area contributed by atoms with Gasteiger partial charge in [0.2, 0.25) is 5.91 Å². The van der Waals surface area contributed by atoms with Gasteiger partial charge in [0.25, 0.3) is 0 Å². The maximum atomic E-state index is 13.6. The van der Waals surface area contributed by atoms with E-state index in [4.69, 9.17) is 0 Å². The molecule has 1 saturated heterocycles. The number of amides is 1. The minimum atomic E-state index is -0.272. The normalized spacial score (nSPS) is 20.7. The van der Waals surface area contributed by atoms with Crippen molar-refractivity contribution in [3.63, 3.8) is 0 Å². The molecule has 1 aromatic carbocycles. The van der Waals surface area contributed by atoms with Crippen molar-refractivity contribution in [3.05, 3.63) is 42.2 Å². The van der Waals surface area contributed by atoms with Gasteiger partial charge in [-0.1, -0.05) is 12.1 Å². The van der Waals surface area contributed by atoms with Crippen LogP contribution in [0.25, 0.3) is 0 Å². The molecule has 1 atom stereocenters. The van der Waals surface area contributed by atoms with Crippen molar-refractivity contribution in [3.8, 4) is 0 Å². The SMILES string of the molecule is C=CCN1CCN(c2ccc(C)c(F)c2)C(=O)C1C. The number of benzene rings is 1. The molecule has 0 bridgehead atoms. The van der Waals surface area contributed by atoms with E-state index in [1.54, 1.807) is 30.0 Å². The molecule has 19 heavy (non-hydrogen) atoms. The first-order valence-corrected chi connectivity index (χ1v) is 6.47. The Kier molecular flexibility index (Phi) is 4.00. The number of piperazine rings is 1. The third-order valence-corrected chi connectivity index (χ3v) is 3.61. The summed E-state index contributed by atoms with van der Waals surface area (Å²) in [5.74, 6) is -0.261. The highest BCUT2D eigenvalue weighted by molar-refractivity contribution is 5.97. The fraction of sp³-hybridized carbons (Fsp3) is 0.400. The fourth-order valence-electron chi connectivity index (χ4n) is 2.34. The Labute approximate surface area is 113 Å². The van der Waals surface area contributed by atoms with Crippen molar-refractivity contribution in [2.45, 2.75) is 19.9 Å². The molecule has 102 valence electrons. The number of carbonyl (C=O) groups is 1. The Morgan fingerprint density at radius 2 is 2.21 bits per heavy atom. The summed E-state index contributed by atoms with van der Waals surface area (Å²) in [6.45, 7) is 9.34. The molecule has 1 unspecified atom stereocenters. The summed E-state index contributed by atoms with van der Waals surface area (Å²) >= 11 is 0. The van der Waals surface area contributed by atoms with E-state index in [1.165, 1.54) is 6.07 Å². The van der Waals surface area contributed by atoms with Gasteiger partial charge in [-0.3, -0.25) is 9.69 Å². The van der Waals surface area contributed by atoms with E-state index in [0.717, 1.165) is 6.54 Å². The first-order chi connectivity index (χ1) is 9.04. The molecule has 0 saturated carbocycles. The van der Waals surface area contributed by atoms with Gasteiger partial charge in [-0.25, -0.2) is 4.39 Å². The predicted molar refractivity (Wildman–Crippen MR) is 74.7 cm³/mol. The maximum absolute atomic E-state index is 13.6. The van der Waals surface area contributed by atoms with Crippen LogP contribution in [0.5, 0.6) is 0 Å². The van der Waals surface area contributed by atoms with E-state index in [1.807, 2.05) is 6.92 Å². The first kappa shape index (κ1) is 13.7. The van der Waals surface area contributed by atoms with Crippen LogP contribution in [0.2, 0.25) is 0 Å². The van der Waals surface area contributed by atoms with Crippen LogP contribution in [-0.2, 0) is 4.79 Å². The van der Waals surface area contributed by atoms with E-state index in [0.29, 0.717) is 24.3 Å². The fourth-order valence-corrected chi connectivity index (χ4v) is 2.34. The molecule has 0 radical (unpaired) electrons. The molecule has 0 aliphatic carbocycles. The number of hydrogen-bond donors (Lipinski definition) is 0. The van der Waals surface area contributed by atoms with Crippen LogP contribution < -0.4 is 4.90 Å². The van der Waals surface area contributed by atoms with Crippen molar-refractivity contribution < 1.29 is 9.18 Å². The topological polar surface area (TPSA) is 23.6 Å². The van der Waals surface area contributed by atoms with Gasteiger partial charge in [-0.2, -0.15) is 0 Å². The molecule has 1 fully saturated rings. The minimum Gasteiger partial charge on any atom is -0.310 e. The lowest BCUT2D eigenvalue weighted by Crippen LogP contribution is -2.56. The van der Waals surface area contributed by atoms with Gasteiger partial charge in [0.15, 0.2) is 0 Å². The van der Waals surface area contributed by atoms with Crippen molar-refractivity contribution in [2.75, 3.05) is 24.5 Å². The first-order valence-electron chi connectivity index (χ1n) is 6.47. The molecule has 0 spiro atoms. The number of aryl methyl sites for hydroxylation is 1. The van der Waals surface area contributed by atoms with E-state index in [-0.39, 0.29) is 17.8 Å². The zero-order valence-corrected chi connectivity index (χ0v) is 11.4. The third kappa shape index (κ3) is 2.68. The quantitative estimate of drug-likeness (QED) is 0.781. The second-order valence-electron chi connectivity index (χ2n) is 4.88. The highest BCUT2D eigenvalue weighted by Crippen LogP contribution is 2.22. The van der Waals surface area contributed by atoms with Crippen LogP contribution in [0, 0.1) is 12.7 Å². The summed E-state index contributed by atoms with van der Waals surface area (Å²) in [7, 11) is 0. The average Bonchev–Trinajstić information content (AvgIpc) is 2.39. The molecule has 1 aliphatic heterocycles. The lowest BCUT2D eigenvalue weighted by Gasteiger charge is -2.38. The van der Waals surface area contributed by atoms with Gasteiger partial charge in [0, 0.05) is 25.3 Å². The zero-order valence-electron chi connectivity index (χ0n) is 11.4. The lowest BCUT2D eigenvalue weighted by atomic mass is 10.1. The molecule has 1 aliphatic rings. The van der Waals surface area contributed by atoms with Gasteiger partial charge in [0.1, 0.15) is 5.82 Å². The summed E-state index contributed by atoms with van der Waals surface area (Å²) in [5, 5.41) is 0. The molecule has 0 N–H and O–H groups in total. The summed E-state index contributed by atoms with van der Waals surface area (Å²) in [6.07, 6.45) is 1.80. The standard InChI is InChI=1S/C15H19FN2O/c1-4-7-17-8-9-18(15(19)12(17)3)13-6-5-11(2)14(16)10-13/h4-6,10,12H,1,7-9H2,2-3H3. The minimum absolute atomic E-state index is 0.0105. The number of anilines is 1. The van der Waals surface area contributed by atoms with Crippen molar-refractivity contribution >= 4 is 11.6 Å². The van der Waals surface area contributed by atoms with Crippen LogP contribution in [0.4, 0.5) is 10.1 Å². The zero-order chi connectivity index (χ0) is 14.0. The number of rotatable bonds is 3. The molecule has 1 aromatic rings. The molecule has 2 rings (SSSR count). The summed E-state index contributed by atoms with van der Waals surface area (Å²) in [4.78, 5) is 16.1. The van der Waals surface area contributed by atoms with Gasteiger partial charge < -0.3 is 4.90 Å². The van der Waals surface area contributed by atoms with Gasteiger partial charge >= 0.3 is 0 Å². The number of nitrogens with zero attached hydrogens (tertiary/aromatic N) is 2. The van der Waals surface area contributed by atoms with Crippen LogP contribution in [0.3, 0.4) is 0 Å². The molecule has 4 heteroatoms. The highest BCUT2D eigenvalue weighted by atomic mass is 19.1. The van der Waals surface area contributed by atoms with Gasteiger partial charge in [-0.05, 0) is 31.5 Å². The largest absolute Gasteiger partial charge is 0.310 e. The smallest absolute Gasteiger partial charge is 0.244 e.